The summed E-state index contributed by atoms with van der Waals surface area (Å²) in [4.78, 5) is 15.1. The van der Waals surface area contributed by atoms with Gasteiger partial charge in [-0.15, -0.1) is 0 Å². The molecule has 2 heterocycles. The molecule has 0 aromatic heterocycles. The summed E-state index contributed by atoms with van der Waals surface area (Å²) in [7, 11) is 0. The lowest BCUT2D eigenvalue weighted by atomic mass is 9.95. The van der Waals surface area contributed by atoms with E-state index in [-0.39, 0.29) is 5.92 Å². The van der Waals surface area contributed by atoms with E-state index in [1.807, 2.05) is 12.1 Å². The Bertz CT molecular complexity index is 534. The average molecular weight is 365 g/mol. The lowest BCUT2D eigenvalue weighted by Gasteiger charge is -2.28. The molecule has 2 bridgehead atoms. The molecule has 2 saturated heterocycles. The van der Waals surface area contributed by atoms with Gasteiger partial charge in [0.25, 0.3) is 0 Å². The molecule has 22 heavy (non-hydrogen) atoms. The summed E-state index contributed by atoms with van der Waals surface area (Å²) >= 11 is 3.60. The molecule has 4 heteroatoms. The van der Waals surface area contributed by atoms with Crippen LogP contribution in [0.2, 0.25) is 0 Å². The molecule has 0 spiro atoms. The largest absolute Gasteiger partial charge is 0.341 e. The van der Waals surface area contributed by atoms with Gasteiger partial charge in [0.1, 0.15) is 0 Å². The highest BCUT2D eigenvalue weighted by Crippen LogP contribution is 2.25. The number of rotatable bonds is 4. The number of likely N-dealkylation sites (tertiary alicyclic amines) is 1. The van der Waals surface area contributed by atoms with E-state index in [4.69, 9.17) is 0 Å². The molecular formula is C18H25BrN2O. The third-order valence-corrected chi connectivity index (χ3v) is 5.87. The van der Waals surface area contributed by atoms with E-state index in [0.717, 1.165) is 36.8 Å². The molecule has 2 aliphatic rings. The lowest BCUT2D eigenvalue weighted by molar-refractivity contribution is -0.135. The maximum absolute atomic E-state index is 13.0. The Labute approximate surface area is 141 Å². The second-order valence-electron chi connectivity index (χ2n) is 6.61. The Hall–Kier alpha value is -0.870. The van der Waals surface area contributed by atoms with Gasteiger partial charge in [-0.3, -0.25) is 4.79 Å². The predicted octanol–water partition coefficient (Wildman–Crippen LogP) is 3.37. The number of amides is 1. The third kappa shape index (κ3) is 3.54. The van der Waals surface area contributed by atoms with Crippen LogP contribution in [-0.4, -0.2) is 36.0 Å². The van der Waals surface area contributed by atoms with Crippen LogP contribution in [0, 0.1) is 5.92 Å². The lowest BCUT2D eigenvalue weighted by Crippen LogP contribution is -2.42. The molecule has 3 atom stereocenters. The summed E-state index contributed by atoms with van der Waals surface area (Å²) in [5, 5.41) is 3.65. The summed E-state index contributed by atoms with van der Waals surface area (Å²) in [6, 6.07) is 9.39. The summed E-state index contributed by atoms with van der Waals surface area (Å²) in [5.41, 5.74) is 1.23. The van der Waals surface area contributed by atoms with Crippen molar-refractivity contribution in [3.05, 3.63) is 34.3 Å². The van der Waals surface area contributed by atoms with E-state index < -0.39 is 0 Å². The van der Waals surface area contributed by atoms with Crippen molar-refractivity contribution in [3.63, 3.8) is 0 Å². The van der Waals surface area contributed by atoms with Crippen LogP contribution < -0.4 is 5.32 Å². The van der Waals surface area contributed by atoms with Gasteiger partial charge in [-0.25, -0.2) is 0 Å². The number of hydrogen-bond donors (Lipinski definition) is 1. The molecule has 2 fully saturated rings. The van der Waals surface area contributed by atoms with Crippen LogP contribution >= 0.6 is 15.9 Å². The molecule has 2 aliphatic heterocycles. The molecule has 1 aromatic rings. The van der Waals surface area contributed by atoms with Crippen molar-refractivity contribution < 1.29 is 4.79 Å². The highest BCUT2D eigenvalue weighted by Gasteiger charge is 2.33. The van der Waals surface area contributed by atoms with Gasteiger partial charge in [0.2, 0.25) is 5.91 Å². The molecular weight excluding hydrogens is 340 g/mol. The Morgan fingerprint density at radius 1 is 1.32 bits per heavy atom. The highest BCUT2D eigenvalue weighted by molar-refractivity contribution is 9.10. The van der Waals surface area contributed by atoms with Crippen LogP contribution in [0.4, 0.5) is 0 Å². The average Bonchev–Trinajstić information content (AvgIpc) is 2.85. The summed E-state index contributed by atoms with van der Waals surface area (Å²) in [6.07, 6.45) is 5.33. The Morgan fingerprint density at radius 2 is 2.09 bits per heavy atom. The van der Waals surface area contributed by atoms with Crippen LogP contribution in [0.5, 0.6) is 0 Å². The van der Waals surface area contributed by atoms with Crippen molar-refractivity contribution in [2.75, 3.05) is 13.1 Å². The summed E-state index contributed by atoms with van der Waals surface area (Å²) in [5.74, 6) is 0.433. The summed E-state index contributed by atoms with van der Waals surface area (Å²) in [6.45, 7) is 3.93. The Kier molecular flexibility index (Phi) is 5.19. The number of nitrogens with one attached hydrogen (secondary N) is 1. The van der Waals surface area contributed by atoms with Gasteiger partial charge in [0.05, 0.1) is 0 Å². The minimum absolute atomic E-state index is 0.0929. The van der Waals surface area contributed by atoms with Gasteiger partial charge < -0.3 is 10.2 Å². The van der Waals surface area contributed by atoms with E-state index in [0.29, 0.717) is 18.0 Å². The molecule has 3 unspecified atom stereocenters. The molecule has 3 nitrogen and oxygen atoms in total. The topological polar surface area (TPSA) is 32.3 Å². The fourth-order valence-electron chi connectivity index (χ4n) is 3.74. The van der Waals surface area contributed by atoms with Gasteiger partial charge in [-0.2, -0.15) is 0 Å². The minimum atomic E-state index is 0.0929. The summed E-state index contributed by atoms with van der Waals surface area (Å²) < 4.78 is 1.11. The third-order valence-electron chi connectivity index (χ3n) is 5.10. The van der Waals surface area contributed by atoms with Gasteiger partial charge in [-0.1, -0.05) is 41.1 Å². The zero-order chi connectivity index (χ0) is 15.5. The molecule has 1 N–H and O–H groups in total. The first-order chi connectivity index (χ1) is 10.7. The number of benzene rings is 1. The van der Waals surface area contributed by atoms with Crippen LogP contribution in [0.25, 0.3) is 0 Å². The van der Waals surface area contributed by atoms with Crippen LogP contribution in [0.1, 0.15) is 38.2 Å². The number of nitrogens with zero attached hydrogens (tertiary/aromatic N) is 1. The van der Waals surface area contributed by atoms with Gasteiger partial charge in [0.15, 0.2) is 0 Å². The standard InChI is InChI=1S/C18H25BrN2O/c1-2-13(11-14-5-3-4-6-17(14)19)18(22)21-10-9-15-7-8-16(12-21)20-15/h3-6,13,15-16,20H,2,7-12H2,1H3. The van der Waals surface area contributed by atoms with E-state index in [1.165, 1.54) is 18.4 Å². The monoisotopic (exact) mass is 364 g/mol. The Morgan fingerprint density at radius 3 is 2.86 bits per heavy atom. The van der Waals surface area contributed by atoms with Gasteiger partial charge >= 0.3 is 0 Å². The van der Waals surface area contributed by atoms with Crippen LogP contribution in [-0.2, 0) is 11.2 Å². The second kappa shape index (κ2) is 7.14. The molecule has 0 radical (unpaired) electrons. The quantitative estimate of drug-likeness (QED) is 0.887. The van der Waals surface area contributed by atoms with Crippen molar-refractivity contribution in [1.82, 2.24) is 10.2 Å². The first kappa shape index (κ1) is 16.0. The van der Waals surface area contributed by atoms with E-state index in [1.54, 1.807) is 0 Å². The molecule has 0 aliphatic carbocycles. The fourth-order valence-corrected chi connectivity index (χ4v) is 4.18. The Balaban J connectivity index is 1.67. The van der Waals surface area contributed by atoms with Crippen molar-refractivity contribution in [1.29, 1.82) is 0 Å². The SMILES string of the molecule is CCC(Cc1ccccc1Br)C(=O)N1CCC2CCC(C1)N2. The van der Waals surface area contributed by atoms with Gasteiger partial charge in [0, 0.05) is 35.6 Å². The minimum Gasteiger partial charge on any atom is -0.341 e. The zero-order valence-corrected chi connectivity index (χ0v) is 14.8. The normalized spacial score (nSPS) is 25.8. The van der Waals surface area contributed by atoms with E-state index in [9.17, 15) is 4.79 Å². The zero-order valence-electron chi connectivity index (χ0n) is 13.2. The highest BCUT2D eigenvalue weighted by atomic mass is 79.9. The van der Waals surface area contributed by atoms with Gasteiger partial charge in [-0.05, 0) is 43.7 Å². The number of carbonyl (C=O) groups excluding carboxylic acids is 1. The molecule has 120 valence electrons. The number of halogens is 1. The smallest absolute Gasteiger partial charge is 0.226 e. The molecule has 3 rings (SSSR count). The molecule has 1 amide bonds. The fraction of sp³-hybridized carbons (Fsp3) is 0.611. The first-order valence-electron chi connectivity index (χ1n) is 8.45. The number of carbonyl (C=O) groups is 1. The maximum Gasteiger partial charge on any atom is 0.226 e. The first-order valence-corrected chi connectivity index (χ1v) is 9.25. The van der Waals surface area contributed by atoms with E-state index in [2.05, 4.69) is 45.2 Å². The van der Waals surface area contributed by atoms with Crippen molar-refractivity contribution in [2.45, 2.75) is 51.1 Å². The van der Waals surface area contributed by atoms with Crippen LogP contribution in [0.15, 0.2) is 28.7 Å². The number of hydrogen-bond acceptors (Lipinski definition) is 2. The predicted molar refractivity (Wildman–Crippen MR) is 92.8 cm³/mol. The maximum atomic E-state index is 13.0. The number of fused-ring (bicyclic) bond motifs is 2. The van der Waals surface area contributed by atoms with Crippen LogP contribution in [0.3, 0.4) is 0 Å². The second-order valence-corrected chi connectivity index (χ2v) is 7.47. The van der Waals surface area contributed by atoms with Crippen molar-refractivity contribution in [3.8, 4) is 0 Å². The van der Waals surface area contributed by atoms with E-state index >= 15 is 0 Å². The molecule has 0 saturated carbocycles. The van der Waals surface area contributed by atoms with Crippen molar-refractivity contribution in [2.24, 2.45) is 5.92 Å². The van der Waals surface area contributed by atoms with Crippen molar-refractivity contribution >= 4 is 21.8 Å². The molecule has 1 aromatic carbocycles.